The topological polar surface area (TPSA) is 51.0 Å². The highest BCUT2D eigenvalue weighted by atomic mass is 19.1. The smallest absolute Gasteiger partial charge is 0.208 e. The van der Waals surface area contributed by atoms with Gasteiger partial charge in [-0.15, -0.1) is 5.10 Å². The van der Waals surface area contributed by atoms with Crippen LogP contribution >= 0.6 is 0 Å². The molecule has 0 unspecified atom stereocenters. The van der Waals surface area contributed by atoms with Crippen molar-refractivity contribution in [3.05, 3.63) is 77.4 Å². The van der Waals surface area contributed by atoms with Crippen LogP contribution in [0.1, 0.15) is 21.7 Å². The maximum absolute atomic E-state index is 13.1. The van der Waals surface area contributed by atoms with E-state index in [0.29, 0.717) is 11.4 Å². The molecule has 0 spiro atoms. The molecule has 1 heterocycles. The molecule has 0 aliphatic carbocycles. The first kappa shape index (κ1) is 17.5. The van der Waals surface area contributed by atoms with Crippen molar-refractivity contribution >= 4 is 17.5 Å². The van der Waals surface area contributed by atoms with Gasteiger partial charge >= 0.3 is 0 Å². The molecule has 26 heavy (non-hydrogen) atoms. The third-order valence-corrected chi connectivity index (χ3v) is 4.04. The van der Waals surface area contributed by atoms with E-state index in [1.807, 2.05) is 43.3 Å². The molecule has 1 aromatic heterocycles. The van der Waals surface area contributed by atoms with Crippen molar-refractivity contribution in [3.8, 4) is 5.69 Å². The number of carbonyl (C=O) groups excluding carboxylic acids is 1. The van der Waals surface area contributed by atoms with E-state index < -0.39 is 0 Å². The molecule has 132 valence electrons. The molecule has 5 nitrogen and oxygen atoms in total. The minimum Gasteiger partial charge on any atom is -0.378 e. The first-order chi connectivity index (χ1) is 12.5. The quantitative estimate of drug-likeness (QED) is 0.520. The Kier molecular flexibility index (Phi) is 4.93. The molecule has 6 heteroatoms. The first-order valence-corrected chi connectivity index (χ1v) is 8.14. The molecule has 0 fully saturated rings. The van der Waals surface area contributed by atoms with Crippen LogP contribution in [0.2, 0.25) is 0 Å². The van der Waals surface area contributed by atoms with Crippen molar-refractivity contribution in [1.82, 2.24) is 15.0 Å². The van der Waals surface area contributed by atoms with Gasteiger partial charge in [-0.3, -0.25) is 4.79 Å². The summed E-state index contributed by atoms with van der Waals surface area (Å²) in [5.74, 6) is -0.557. The molecule has 0 aliphatic heterocycles. The Hall–Kier alpha value is -3.28. The van der Waals surface area contributed by atoms with Gasteiger partial charge in [-0.05, 0) is 55.0 Å². The third-order valence-electron chi connectivity index (χ3n) is 4.04. The molecule has 0 saturated carbocycles. The second-order valence-electron chi connectivity index (χ2n) is 6.10. The summed E-state index contributed by atoms with van der Waals surface area (Å²) >= 11 is 0. The minimum absolute atomic E-state index is 0.229. The van der Waals surface area contributed by atoms with E-state index in [4.69, 9.17) is 0 Å². The normalized spacial score (nSPS) is 11.1. The zero-order valence-electron chi connectivity index (χ0n) is 14.8. The van der Waals surface area contributed by atoms with Crippen molar-refractivity contribution in [3.63, 3.8) is 0 Å². The summed E-state index contributed by atoms with van der Waals surface area (Å²) in [6, 6.07) is 13.7. The maximum Gasteiger partial charge on any atom is 0.208 e. The summed E-state index contributed by atoms with van der Waals surface area (Å²) in [6.07, 6.45) is 3.23. The van der Waals surface area contributed by atoms with E-state index in [1.165, 1.54) is 22.9 Å². The number of aromatic nitrogens is 3. The third kappa shape index (κ3) is 3.69. The summed E-state index contributed by atoms with van der Waals surface area (Å²) < 4.78 is 14.6. The van der Waals surface area contributed by atoms with Crippen molar-refractivity contribution in [2.75, 3.05) is 19.0 Å². The molecule has 0 amide bonds. The lowest BCUT2D eigenvalue weighted by Gasteiger charge is -2.11. The van der Waals surface area contributed by atoms with Gasteiger partial charge in [0.1, 0.15) is 5.82 Å². The van der Waals surface area contributed by atoms with Crippen LogP contribution in [0.25, 0.3) is 11.8 Å². The molecule has 0 bridgehead atoms. The largest absolute Gasteiger partial charge is 0.378 e. The first-order valence-electron chi connectivity index (χ1n) is 8.14. The molecular formula is C20H19FN4O. The van der Waals surface area contributed by atoms with Crippen LogP contribution in [0.4, 0.5) is 10.1 Å². The molecule has 0 N–H and O–H groups in total. The number of allylic oxidation sites excluding steroid dienone is 1. The van der Waals surface area contributed by atoms with Gasteiger partial charge in [-0.1, -0.05) is 23.4 Å². The molecule has 3 rings (SSSR count). The van der Waals surface area contributed by atoms with Gasteiger partial charge in [0.25, 0.3) is 0 Å². The Bertz CT molecular complexity index is 941. The van der Waals surface area contributed by atoms with Gasteiger partial charge in [-0.2, -0.15) is 0 Å². The molecule has 2 aromatic carbocycles. The maximum atomic E-state index is 13.1. The van der Waals surface area contributed by atoms with Crippen LogP contribution < -0.4 is 4.90 Å². The van der Waals surface area contributed by atoms with E-state index in [2.05, 4.69) is 10.3 Å². The van der Waals surface area contributed by atoms with Crippen LogP contribution in [0.5, 0.6) is 0 Å². The molecular weight excluding hydrogens is 331 g/mol. The highest BCUT2D eigenvalue weighted by Gasteiger charge is 2.15. The second-order valence-corrected chi connectivity index (χ2v) is 6.10. The predicted molar refractivity (Wildman–Crippen MR) is 100 cm³/mol. The zero-order valence-corrected chi connectivity index (χ0v) is 14.8. The van der Waals surface area contributed by atoms with E-state index in [9.17, 15) is 9.18 Å². The SMILES string of the molecule is Cc1c(C(=O)/C=C/c2ccc(N(C)C)cc2)nnn1-c1ccc(F)cc1. The standard InChI is InChI=1S/C20H19FN4O/c1-14-20(22-23-25(14)18-11-7-16(21)8-12-18)19(26)13-6-15-4-9-17(10-5-15)24(2)3/h4-13H,1-3H3/b13-6+. The number of rotatable bonds is 5. The fourth-order valence-corrected chi connectivity index (χ4v) is 2.52. The number of nitrogens with zero attached hydrogens (tertiary/aromatic N) is 4. The van der Waals surface area contributed by atoms with Gasteiger partial charge in [0, 0.05) is 19.8 Å². The number of hydrogen-bond acceptors (Lipinski definition) is 4. The molecule has 3 aromatic rings. The van der Waals surface area contributed by atoms with Crippen molar-refractivity contribution in [1.29, 1.82) is 0 Å². The minimum atomic E-state index is -0.328. The molecule has 0 atom stereocenters. The Morgan fingerprint density at radius 2 is 1.73 bits per heavy atom. The van der Waals surface area contributed by atoms with Gasteiger partial charge in [0.2, 0.25) is 5.78 Å². The number of carbonyl (C=O) groups is 1. The second kappa shape index (κ2) is 7.31. The lowest BCUT2D eigenvalue weighted by molar-refractivity contribution is 0.104. The Morgan fingerprint density at radius 3 is 2.35 bits per heavy atom. The average molecular weight is 350 g/mol. The zero-order chi connectivity index (χ0) is 18.7. The summed E-state index contributed by atoms with van der Waals surface area (Å²) in [5, 5.41) is 7.98. The van der Waals surface area contributed by atoms with Gasteiger partial charge in [0.05, 0.1) is 11.4 Å². The predicted octanol–water partition coefficient (Wildman–Crippen LogP) is 3.68. The van der Waals surface area contributed by atoms with Crippen molar-refractivity contribution in [2.24, 2.45) is 0 Å². The lowest BCUT2D eigenvalue weighted by atomic mass is 10.1. The summed E-state index contributed by atoms with van der Waals surface area (Å²) in [6.45, 7) is 1.76. The van der Waals surface area contributed by atoms with Gasteiger partial charge in [0.15, 0.2) is 5.69 Å². The van der Waals surface area contributed by atoms with Crippen molar-refractivity contribution < 1.29 is 9.18 Å². The highest BCUT2D eigenvalue weighted by Crippen LogP contribution is 2.16. The van der Waals surface area contributed by atoms with Crippen LogP contribution in [0.15, 0.2) is 54.6 Å². The van der Waals surface area contributed by atoms with Crippen molar-refractivity contribution in [2.45, 2.75) is 6.92 Å². The fraction of sp³-hybridized carbons (Fsp3) is 0.150. The number of ketones is 1. The van der Waals surface area contributed by atoms with E-state index in [0.717, 1.165) is 11.3 Å². The summed E-state index contributed by atoms with van der Waals surface area (Å²) in [7, 11) is 3.95. The van der Waals surface area contributed by atoms with Crippen LogP contribution in [-0.4, -0.2) is 34.9 Å². The van der Waals surface area contributed by atoms with Crippen LogP contribution in [0, 0.1) is 12.7 Å². The lowest BCUT2D eigenvalue weighted by Crippen LogP contribution is -2.07. The van der Waals surface area contributed by atoms with E-state index in [1.54, 1.807) is 25.1 Å². The molecule has 0 saturated heterocycles. The fourth-order valence-electron chi connectivity index (χ4n) is 2.52. The number of benzene rings is 2. The molecule has 0 aliphatic rings. The number of anilines is 1. The number of hydrogen-bond donors (Lipinski definition) is 0. The summed E-state index contributed by atoms with van der Waals surface area (Å²) in [5.41, 5.74) is 3.54. The van der Waals surface area contributed by atoms with E-state index in [-0.39, 0.29) is 17.3 Å². The van der Waals surface area contributed by atoms with Crippen LogP contribution in [0.3, 0.4) is 0 Å². The number of halogens is 1. The van der Waals surface area contributed by atoms with Crippen LogP contribution in [-0.2, 0) is 0 Å². The Balaban J connectivity index is 1.79. The Labute approximate surface area is 151 Å². The monoisotopic (exact) mass is 350 g/mol. The van der Waals surface area contributed by atoms with Gasteiger partial charge in [-0.25, -0.2) is 9.07 Å². The summed E-state index contributed by atoms with van der Waals surface area (Å²) in [4.78, 5) is 14.5. The van der Waals surface area contributed by atoms with Gasteiger partial charge < -0.3 is 4.90 Å². The molecule has 0 radical (unpaired) electrons. The highest BCUT2D eigenvalue weighted by molar-refractivity contribution is 6.06. The Morgan fingerprint density at radius 1 is 1.08 bits per heavy atom. The average Bonchev–Trinajstić information content (AvgIpc) is 3.02. The van der Waals surface area contributed by atoms with E-state index >= 15 is 0 Å².